The van der Waals surface area contributed by atoms with E-state index in [0.29, 0.717) is 30.5 Å². The van der Waals surface area contributed by atoms with Crippen molar-refractivity contribution in [2.45, 2.75) is 36.6 Å². The second-order valence-electron chi connectivity index (χ2n) is 10.7. The predicted molar refractivity (Wildman–Crippen MR) is 144 cm³/mol. The molecule has 0 aromatic heterocycles. The highest BCUT2D eigenvalue weighted by Crippen LogP contribution is 2.40. The average Bonchev–Trinajstić information content (AvgIpc) is 3.68. The van der Waals surface area contributed by atoms with Gasteiger partial charge < -0.3 is 4.90 Å². The minimum atomic E-state index is -3.98. The van der Waals surface area contributed by atoms with E-state index >= 15 is 0 Å². The van der Waals surface area contributed by atoms with E-state index in [-0.39, 0.29) is 29.8 Å². The van der Waals surface area contributed by atoms with Gasteiger partial charge in [0.2, 0.25) is 15.9 Å². The highest BCUT2D eigenvalue weighted by atomic mass is 32.2. The van der Waals surface area contributed by atoms with Crippen molar-refractivity contribution in [1.29, 1.82) is 0 Å². The van der Waals surface area contributed by atoms with Crippen LogP contribution in [0, 0.1) is 5.92 Å². The predicted octanol–water partition coefficient (Wildman–Crippen LogP) is 3.57. The number of sulfonamides is 1. The van der Waals surface area contributed by atoms with Crippen LogP contribution in [0.1, 0.15) is 56.3 Å². The smallest absolute Gasteiger partial charge is 0.261 e. The summed E-state index contributed by atoms with van der Waals surface area (Å²) in [5.74, 6) is -0.600. The van der Waals surface area contributed by atoms with Gasteiger partial charge in [0.25, 0.3) is 11.8 Å². The standard InChI is InChI=1S/C30H27N3O5S/c34-28(20-9-10-20)31-15-13-21-17-22(11-12-26(21)31)39(37,38)33-16-14-19-5-1-2-6-23(19)27(33)18-32-29(35)24-7-3-4-8-25(24)30(32)36/h1-8,11-12,17,20,27H,9-10,13-16,18H2/t27-/m1/s1. The summed E-state index contributed by atoms with van der Waals surface area (Å²) in [6.07, 6.45) is 2.98. The largest absolute Gasteiger partial charge is 0.312 e. The minimum absolute atomic E-state index is 0.0722. The molecular weight excluding hydrogens is 514 g/mol. The Morgan fingerprint density at radius 2 is 1.49 bits per heavy atom. The van der Waals surface area contributed by atoms with Gasteiger partial charge in [0.15, 0.2) is 0 Å². The lowest BCUT2D eigenvalue weighted by atomic mass is 9.94. The highest BCUT2D eigenvalue weighted by Gasteiger charge is 2.43. The molecule has 8 nitrogen and oxygen atoms in total. The Morgan fingerprint density at radius 3 is 2.21 bits per heavy atom. The summed E-state index contributed by atoms with van der Waals surface area (Å²) < 4.78 is 29.7. The van der Waals surface area contributed by atoms with Crippen LogP contribution in [0.2, 0.25) is 0 Å². The third kappa shape index (κ3) is 3.83. The average molecular weight is 542 g/mol. The first kappa shape index (κ1) is 24.2. The van der Waals surface area contributed by atoms with Crippen molar-refractivity contribution in [2.75, 3.05) is 24.5 Å². The zero-order chi connectivity index (χ0) is 26.9. The quantitative estimate of drug-likeness (QED) is 0.461. The molecule has 0 spiro atoms. The van der Waals surface area contributed by atoms with Crippen molar-refractivity contribution in [3.63, 3.8) is 0 Å². The zero-order valence-electron chi connectivity index (χ0n) is 21.2. The summed E-state index contributed by atoms with van der Waals surface area (Å²) in [5.41, 5.74) is 4.12. The maximum atomic E-state index is 14.2. The molecule has 198 valence electrons. The van der Waals surface area contributed by atoms with E-state index in [1.54, 1.807) is 47.4 Å². The first-order chi connectivity index (χ1) is 18.8. The first-order valence-electron chi connectivity index (χ1n) is 13.3. The van der Waals surface area contributed by atoms with Crippen LogP contribution in [0.15, 0.2) is 71.6 Å². The van der Waals surface area contributed by atoms with E-state index in [1.165, 1.54) is 9.21 Å². The van der Waals surface area contributed by atoms with E-state index in [1.807, 2.05) is 24.3 Å². The maximum absolute atomic E-state index is 14.2. The van der Waals surface area contributed by atoms with Crippen molar-refractivity contribution in [3.05, 3.63) is 94.5 Å². The summed E-state index contributed by atoms with van der Waals surface area (Å²) in [6.45, 7) is 0.724. The van der Waals surface area contributed by atoms with Crippen LogP contribution in [0.3, 0.4) is 0 Å². The number of hydrogen-bond donors (Lipinski definition) is 0. The van der Waals surface area contributed by atoms with Crippen LogP contribution in [-0.2, 0) is 27.7 Å². The van der Waals surface area contributed by atoms with Gasteiger partial charge in [-0.1, -0.05) is 36.4 Å². The van der Waals surface area contributed by atoms with Gasteiger partial charge in [-0.15, -0.1) is 0 Å². The minimum Gasteiger partial charge on any atom is -0.312 e. The Hall–Kier alpha value is -3.82. The van der Waals surface area contributed by atoms with Gasteiger partial charge in [-0.25, -0.2) is 8.42 Å². The third-order valence-electron chi connectivity index (χ3n) is 8.34. The number of anilines is 1. The molecule has 0 N–H and O–H groups in total. The molecule has 1 fully saturated rings. The summed E-state index contributed by atoms with van der Waals surface area (Å²) in [4.78, 5) is 42.2. The molecule has 0 bridgehead atoms. The fraction of sp³-hybridized carbons (Fsp3) is 0.300. The lowest BCUT2D eigenvalue weighted by molar-refractivity contribution is -0.119. The van der Waals surface area contributed by atoms with E-state index in [0.717, 1.165) is 35.2 Å². The van der Waals surface area contributed by atoms with Crippen molar-refractivity contribution >= 4 is 33.4 Å². The third-order valence-corrected chi connectivity index (χ3v) is 10.2. The summed E-state index contributed by atoms with van der Waals surface area (Å²) in [5, 5.41) is 0. The van der Waals surface area contributed by atoms with E-state index in [4.69, 9.17) is 0 Å². The number of carbonyl (C=O) groups is 3. The van der Waals surface area contributed by atoms with Gasteiger partial charge in [-0.2, -0.15) is 4.31 Å². The zero-order valence-corrected chi connectivity index (χ0v) is 22.1. The maximum Gasteiger partial charge on any atom is 0.261 e. The highest BCUT2D eigenvalue weighted by molar-refractivity contribution is 7.89. The molecule has 3 aromatic carbocycles. The molecule has 4 aliphatic rings. The van der Waals surface area contributed by atoms with Gasteiger partial charge in [0.1, 0.15) is 0 Å². The lowest BCUT2D eigenvalue weighted by Crippen LogP contribution is -2.46. The number of nitrogens with zero attached hydrogens (tertiary/aromatic N) is 3. The number of benzene rings is 3. The van der Waals surface area contributed by atoms with Crippen molar-refractivity contribution < 1.29 is 22.8 Å². The molecule has 3 aliphatic heterocycles. The Morgan fingerprint density at radius 1 is 0.821 bits per heavy atom. The van der Waals surface area contributed by atoms with Crippen molar-refractivity contribution in [1.82, 2.24) is 9.21 Å². The van der Waals surface area contributed by atoms with Gasteiger partial charge in [0.05, 0.1) is 28.6 Å². The number of rotatable bonds is 5. The van der Waals surface area contributed by atoms with Gasteiger partial charge in [-0.05, 0) is 72.7 Å². The van der Waals surface area contributed by atoms with Crippen LogP contribution in [-0.4, -0.2) is 55.0 Å². The van der Waals surface area contributed by atoms with Crippen LogP contribution >= 0.6 is 0 Å². The van der Waals surface area contributed by atoms with Gasteiger partial charge in [0, 0.05) is 24.7 Å². The Bertz CT molecular complexity index is 1630. The van der Waals surface area contributed by atoms with Crippen LogP contribution in [0.25, 0.3) is 0 Å². The normalized spacial score (nSPS) is 20.7. The van der Waals surface area contributed by atoms with E-state index in [2.05, 4.69) is 0 Å². The molecule has 3 amide bonds. The molecule has 1 atom stereocenters. The number of fused-ring (bicyclic) bond motifs is 3. The Balaban J connectivity index is 1.24. The first-order valence-corrected chi connectivity index (χ1v) is 14.8. The molecule has 9 heteroatoms. The number of carbonyl (C=O) groups excluding carboxylic acids is 3. The van der Waals surface area contributed by atoms with Crippen LogP contribution in [0.4, 0.5) is 5.69 Å². The van der Waals surface area contributed by atoms with Crippen LogP contribution < -0.4 is 4.90 Å². The Kier molecular flexibility index (Phi) is 5.50. The molecule has 0 unspecified atom stereocenters. The molecule has 3 aromatic rings. The van der Waals surface area contributed by atoms with Crippen LogP contribution in [0.5, 0.6) is 0 Å². The lowest BCUT2D eigenvalue weighted by Gasteiger charge is -2.38. The molecular formula is C30H27N3O5S. The molecule has 1 saturated carbocycles. The second-order valence-corrected chi connectivity index (χ2v) is 12.5. The molecule has 1 aliphatic carbocycles. The number of amides is 3. The number of imide groups is 1. The van der Waals surface area contributed by atoms with E-state index in [9.17, 15) is 22.8 Å². The second kappa shape index (κ2) is 8.86. The summed E-state index contributed by atoms with van der Waals surface area (Å²) in [7, 11) is -3.98. The summed E-state index contributed by atoms with van der Waals surface area (Å²) >= 11 is 0. The molecule has 0 saturated heterocycles. The van der Waals surface area contributed by atoms with Gasteiger partial charge >= 0.3 is 0 Å². The molecule has 39 heavy (non-hydrogen) atoms. The van der Waals surface area contributed by atoms with Crippen molar-refractivity contribution in [3.8, 4) is 0 Å². The number of hydrogen-bond acceptors (Lipinski definition) is 5. The Labute approximate surface area is 226 Å². The molecule has 7 rings (SSSR count). The van der Waals surface area contributed by atoms with Crippen molar-refractivity contribution in [2.24, 2.45) is 5.92 Å². The summed E-state index contributed by atoms with van der Waals surface area (Å²) in [6, 6.07) is 18.6. The monoisotopic (exact) mass is 541 g/mol. The fourth-order valence-corrected chi connectivity index (χ4v) is 7.79. The SMILES string of the molecule is O=C1c2ccccc2C(=O)N1C[C@@H]1c2ccccc2CCN1S(=O)(=O)c1ccc2c(c1)CCN2C(=O)C1CC1. The topological polar surface area (TPSA) is 95.1 Å². The molecule has 3 heterocycles. The fourth-order valence-electron chi connectivity index (χ4n) is 6.14. The van der Waals surface area contributed by atoms with E-state index < -0.39 is 27.9 Å². The molecule has 0 radical (unpaired) electrons. The van der Waals surface area contributed by atoms with Gasteiger partial charge in [-0.3, -0.25) is 19.3 Å².